The lowest BCUT2D eigenvalue weighted by molar-refractivity contribution is -0.132. The van der Waals surface area contributed by atoms with Crippen molar-refractivity contribution in [2.24, 2.45) is 0 Å². The summed E-state index contributed by atoms with van der Waals surface area (Å²) in [4.78, 5) is 13.8. The van der Waals surface area contributed by atoms with Gasteiger partial charge in [-0.1, -0.05) is 60.5 Å². The van der Waals surface area contributed by atoms with E-state index in [1.165, 1.54) is 69.1 Å². The standard InChI is InChI=1S/C34H26N2O2S/c1-20-5-8-22(9-6-20)23-10-14-31-29(17-23)26-3-2-4-30(26)36(31)25-11-13-28-27-12-7-21(15-24(19-35)34(37)38)16-32(27)39-33(28)18-25/h5-18,26,30H,2-4H2,1H3,(H,37,38)/b24-15+. The van der Waals surface area contributed by atoms with E-state index >= 15 is 0 Å². The third-order valence-electron chi connectivity index (χ3n) is 8.30. The Balaban J connectivity index is 1.29. The highest BCUT2D eigenvalue weighted by Gasteiger charge is 2.42. The molecule has 1 aliphatic carbocycles. The Hall–Kier alpha value is -4.40. The topological polar surface area (TPSA) is 64.3 Å². The summed E-state index contributed by atoms with van der Waals surface area (Å²) in [5, 5.41) is 20.7. The monoisotopic (exact) mass is 526 g/mol. The number of thiophene rings is 1. The molecule has 1 N–H and O–H groups in total. The number of carboxylic acid groups (broad SMARTS) is 1. The number of carboxylic acids is 1. The lowest BCUT2D eigenvalue weighted by Crippen LogP contribution is -2.26. The number of aryl methyl sites for hydroxylation is 1. The second kappa shape index (κ2) is 9.11. The fraction of sp³-hybridized carbons (Fsp3) is 0.176. The predicted octanol–water partition coefficient (Wildman–Crippen LogP) is 8.81. The third-order valence-corrected chi connectivity index (χ3v) is 9.42. The van der Waals surface area contributed by atoms with Crippen LogP contribution in [0.1, 0.15) is 41.9 Å². The Kier molecular flexibility index (Phi) is 5.54. The number of hydrogen-bond acceptors (Lipinski definition) is 4. The van der Waals surface area contributed by atoms with Crippen LogP contribution in [0, 0.1) is 18.3 Å². The Bertz CT molecular complexity index is 1860. The number of benzene rings is 4. The van der Waals surface area contributed by atoms with Crippen molar-refractivity contribution in [2.45, 2.75) is 38.1 Å². The van der Waals surface area contributed by atoms with Crippen LogP contribution < -0.4 is 4.90 Å². The maximum atomic E-state index is 11.3. The molecule has 0 bridgehead atoms. The SMILES string of the molecule is Cc1ccc(-c2ccc3c(c2)C2CCCC2N3c2ccc3c(c2)sc2cc(/C=C(\C#N)C(=O)O)ccc23)cc1. The largest absolute Gasteiger partial charge is 0.477 e. The molecule has 1 saturated carbocycles. The molecule has 2 aliphatic rings. The number of anilines is 2. The normalized spacial score (nSPS) is 18.4. The molecule has 4 nitrogen and oxygen atoms in total. The quantitative estimate of drug-likeness (QED) is 0.188. The van der Waals surface area contributed by atoms with Crippen LogP contribution in [0.2, 0.25) is 0 Å². The van der Waals surface area contributed by atoms with Gasteiger partial charge in [0.05, 0.1) is 0 Å². The molecule has 39 heavy (non-hydrogen) atoms. The first kappa shape index (κ1) is 23.7. The van der Waals surface area contributed by atoms with Crippen LogP contribution in [0.15, 0.2) is 84.4 Å². The maximum Gasteiger partial charge on any atom is 0.346 e. The molecule has 4 aromatic carbocycles. The minimum atomic E-state index is -1.21. The highest BCUT2D eigenvalue weighted by molar-refractivity contribution is 7.25. The lowest BCUT2D eigenvalue weighted by Gasteiger charge is -2.27. The van der Waals surface area contributed by atoms with Crippen molar-refractivity contribution in [3.63, 3.8) is 0 Å². The van der Waals surface area contributed by atoms with Gasteiger partial charge in [0.25, 0.3) is 0 Å². The Morgan fingerprint density at radius 3 is 2.46 bits per heavy atom. The van der Waals surface area contributed by atoms with Gasteiger partial charge in [-0.05, 0) is 78.4 Å². The van der Waals surface area contributed by atoms with Crippen molar-refractivity contribution in [3.05, 3.63) is 101 Å². The van der Waals surface area contributed by atoms with Crippen molar-refractivity contribution >= 4 is 54.9 Å². The number of hydrogen-bond donors (Lipinski definition) is 1. The van der Waals surface area contributed by atoms with E-state index in [0.717, 1.165) is 15.6 Å². The zero-order valence-corrected chi connectivity index (χ0v) is 22.3. The molecule has 0 amide bonds. The number of aliphatic carboxylic acids is 1. The summed E-state index contributed by atoms with van der Waals surface area (Å²) in [5.74, 6) is -0.651. The molecule has 190 valence electrons. The second-order valence-corrected chi connectivity index (χ2v) is 11.7. The van der Waals surface area contributed by atoms with Crippen LogP contribution >= 0.6 is 11.3 Å². The first-order chi connectivity index (χ1) is 19.0. The van der Waals surface area contributed by atoms with Gasteiger partial charge in [0, 0.05) is 43.5 Å². The molecule has 2 unspecified atom stereocenters. The fourth-order valence-corrected chi connectivity index (χ4v) is 7.64. The smallest absolute Gasteiger partial charge is 0.346 e. The molecular formula is C34H26N2O2S. The van der Waals surface area contributed by atoms with Crippen LogP contribution in [-0.4, -0.2) is 17.1 Å². The zero-order valence-electron chi connectivity index (χ0n) is 21.5. The van der Waals surface area contributed by atoms with Crippen LogP contribution in [0.5, 0.6) is 0 Å². The molecule has 0 radical (unpaired) electrons. The minimum absolute atomic E-state index is 0.262. The predicted molar refractivity (Wildman–Crippen MR) is 160 cm³/mol. The van der Waals surface area contributed by atoms with Crippen LogP contribution in [-0.2, 0) is 4.79 Å². The van der Waals surface area contributed by atoms with E-state index in [4.69, 9.17) is 5.26 Å². The number of nitriles is 1. The van der Waals surface area contributed by atoms with Crippen molar-refractivity contribution < 1.29 is 9.90 Å². The molecule has 0 saturated heterocycles. The second-order valence-electron chi connectivity index (χ2n) is 10.6. The first-order valence-corrected chi connectivity index (χ1v) is 14.1. The van der Waals surface area contributed by atoms with Crippen LogP contribution in [0.4, 0.5) is 11.4 Å². The van der Waals surface area contributed by atoms with E-state index in [2.05, 4.69) is 72.5 Å². The minimum Gasteiger partial charge on any atom is -0.477 e. The number of fused-ring (bicyclic) bond motifs is 6. The maximum absolute atomic E-state index is 11.3. The van der Waals surface area contributed by atoms with Crippen LogP contribution in [0.25, 0.3) is 37.4 Å². The zero-order chi connectivity index (χ0) is 26.7. The summed E-state index contributed by atoms with van der Waals surface area (Å²) >= 11 is 1.71. The van der Waals surface area contributed by atoms with Crippen LogP contribution in [0.3, 0.4) is 0 Å². The van der Waals surface area contributed by atoms with Gasteiger partial charge in [0.2, 0.25) is 0 Å². The first-order valence-electron chi connectivity index (χ1n) is 13.3. The van der Waals surface area contributed by atoms with E-state index in [1.54, 1.807) is 17.4 Å². The summed E-state index contributed by atoms with van der Waals surface area (Å²) in [5.41, 5.74) is 8.31. The molecule has 5 aromatic rings. The number of rotatable bonds is 4. The molecule has 2 atom stereocenters. The van der Waals surface area contributed by atoms with Crippen molar-refractivity contribution in [2.75, 3.05) is 4.90 Å². The average molecular weight is 527 g/mol. The van der Waals surface area contributed by atoms with E-state index < -0.39 is 5.97 Å². The van der Waals surface area contributed by atoms with E-state index in [0.29, 0.717) is 12.0 Å². The molecule has 1 fully saturated rings. The summed E-state index contributed by atoms with van der Waals surface area (Å²) in [6.07, 6.45) is 5.12. The van der Waals surface area contributed by atoms with Crippen molar-refractivity contribution in [1.82, 2.24) is 0 Å². The van der Waals surface area contributed by atoms with Gasteiger partial charge in [0.15, 0.2) is 0 Å². The number of carbonyl (C=O) groups is 1. The molecule has 2 heterocycles. The van der Waals surface area contributed by atoms with Gasteiger partial charge >= 0.3 is 5.97 Å². The third kappa shape index (κ3) is 3.91. The van der Waals surface area contributed by atoms with Gasteiger partial charge < -0.3 is 10.0 Å². The summed E-state index contributed by atoms with van der Waals surface area (Å²) in [6.45, 7) is 2.13. The Morgan fingerprint density at radius 1 is 0.949 bits per heavy atom. The van der Waals surface area contributed by atoms with Crippen molar-refractivity contribution in [1.29, 1.82) is 5.26 Å². The summed E-state index contributed by atoms with van der Waals surface area (Å²) in [7, 11) is 0. The molecule has 0 spiro atoms. The average Bonchev–Trinajstić information content (AvgIpc) is 3.63. The molecule has 1 aliphatic heterocycles. The highest BCUT2D eigenvalue weighted by atomic mass is 32.1. The molecular weight excluding hydrogens is 500 g/mol. The van der Waals surface area contributed by atoms with Crippen molar-refractivity contribution in [3.8, 4) is 17.2 Å². The molecule has 7 rings (SSSR count). The summed E-state index contributed by atoms with van der Waals surface area (Å²) < 4.78 is 2.29. The Labute approximate surface area is 231 Å². The van der Waals surface area contributed by atoms with E-state index in [-0.39, 0.29) is 5.57 Å². The van der Waals surface area contributed by atoms with Gasteiger partial charge in [-0.2, -0.15) is 5.26 Å². The lowest BCUT2D eigenvalue weighted by atomic mass is 9.94. The van der Waals surface area contributed by atoms with E-state index in [1.807, 2.05) is 18.2 Å². The van der Waals surface area contributed by atoms with Gasteiger partial charge in [-0.3, -0.25) is 0 Å². The Morgan fingerprint density at radius 2 is 1.69 bits per heavy atom. The fourth-order valence-electron chi connectivity index (χ4n) is 6.45. The van der Waals surface area contributed by atoms with Gasteiger partial charge in [0.1, 0.15) is 11.6 Å². The van der Waals surface area contributed by atoms with Gasteiger partial charge in [-0.15, -0.1) is 11.3 Å². The molecule has 5 heteroatoms. The summed E-state index contributed by atoms with van der Waals surface area (Å²) in [6, 6.07) is 30.7. The number of nitrogens with zero attached hydrogens (tertiary/aromatic N) is 2. The highest BCUT2D eigenvalue weighted by Crippen LogP contribution is 2.53. The van der Waals surface area contributed by atoms with E-state index in [9.17, 15) is 9.90 Å². The van der Waals surface area contributed by atoms with Gasteiger partial charge in [-0.25, -0.2) is 4.79 Å². The molecule has 1 aromatic heterocycles.